The summed E-state index contributed by atoms with van der Waals surface area (Å²) >= 11 is 1.54. The molecule has 0 fully saturated rings. The topological polar surface area (TPSA) is 40.6 Å². The summed E-state index contributed by atoms with van der Waals surface area (Å²) in [5.74, 6) is 0.414. The van der Waals surface area contributed by atoms with Crippen LogP contribution in [0.2, 0.25) is 0 Å². The second-order valence-electron chi connectivity index (χ2n) is 6.07. The molecule has 0 saturated carbocycles. The molecule has 2 aromatic rings. The molecule has 2 heterocycles. The average molecular weight is 338 g/mol. The highest BCUT2D eigenvalue weighted by Crippen LogP contribution is 2.34. The van der Waals surface area contributed by atoms with Gasteiger partial charge in [-0.15, -0.1) is 11.8 Å². The third-order valence-electron chi connectivity index (χ3n) is 4.58. The predicted molar refractivity (Wildman–Crippen MR) is 95.1 cm³/mol. The number of hydrogen-bond acceptors (Lipinski definition) is 3. The van der Waals surface area contributed by atoms with Gasteiger partial charge in [0.15, 0.2) is 0 Å². The first kappa shape index (κ1) is 15.3. The number of rotatable bonds is 2. The fourth-order valence-corrected chi connectivity index (χ4v) is 4.21. The van der Waals surface area contributed by atoms with Crippen molar-refractivity contribution in [3.63, 3.8) is 0 Å². The molecular formula is C19H18N2O2S. The molecule has 0 spiro atoms. The van der Waals surface area contributed by atoms with Crippen molar-refractivity contribution in [1.29, 1.82) is 0 Å². The van der Waals surface area contributed by atoms with E-state index < -0.39 is 0 Å². The number of para-hydroxylation sites is 1. The molecule has 0 N–H and O–H groups in total. The molecule has 2 amide bonds. The zero-order valence-corrected chi connectivity index (χ0v) is 14.1. The van der Waals surface area contributed by atoms with Crippen LogP contribution < -0.4 is 4.90 Å². The van der Waals surface area contributed by atoms with Crippen LogP contribution in [0, 0.1) is 0 Å². The molecule has 0 atom stereocenters. The Kier molecular flexibility index (Phi) is 4.02. The van der Waals surface area contributed by atoms with Crippen LogP contribution in [0.25, 0.3) is 0 Å². The minimum atomic E-state index is 0.00413. The van der Waals surface area contributed by atoms with Crippen molar-refractivity contribution in [2.45, 2.75) is 17.9 Å². The van der Waals surface area contributed by atoms with Crippen LogP contribution in [-0.2, 0) is 22.6 Å². The van der Waals surface area contributed by atoms with Crippen LogP contribution in [0.15, 0.2) is 53.4 Å². The van der Waals surface area contributed by atoms with Crippen LogP contribution in [0.4, 0.5) is 5.69 Å². The van der Waals surface area contributed by atoms with Gasteiger partial charge in [0.25, 0.3) is 0 Å². The molecule has 0 aliphatic carbocycles. The Bertz CT molecular complexity index is 805. The summed E-state index contributed by atoms with van der Waals surface area (Å²) in [6, 6.07) is 16.0. The smallest absolute Gasteiger partial charge is 0.242 e. The Balaban J connectivity index is 1.52. The van der Waals surface area contributed by atoms with Crippen molar-refractivity contribution in [1.82, 2.24) is 4.90 Å². The summed E-state index contributed by atoms with van der Waals surface area (Å²) in [6.45, 7) is 1.47. The summed E-state index contributed by atoms with van der Waals surface area (Å²) in [5, 5.41) is 0. The van der Waals surface area contributed by atoms with Gasteiger partial charge >= 0.3 is 0 Å². The second-order valence-corrected chi connectivity index (χ2v) is 7.09. The van der Waals surface area contributed by atoms with Crippen LogP contribution in [0.3, 0.4) is 0 Å². The Labute approximate surface area is 145 Å². The van der Waals surface area contributed by atoms with Gasteiger partial charge in [-0.3, -0.25) is 9.59 Å². The van der Waals surface area contributed by atoms with Crippen molar-refractivity contribution in [3.8, 4) is 0 Å². The van der Waals surface area contributed by atoms with Crippen LogP contribution >= 0.6 is 11.8 Å². The molecule has 0 bridgehead atoms. The summed E-state index contributed by atoms with van der Waals surface area (Å²) in [7, 11) is 0. The molecule has 0 radical (unpaired) electrons. The van der Waals surface area contributed by atoms with Gasteiger partial charge in [-0.25, -0.2) is 0 Å². The maximum Gasteiger partial charge on any atom is 0.242 e. The van der Waals surface area contributed by atoms with Gasteiger partial charge in [-0.05, 0) is 29.7 Å². The van der Waals surface area contributed by atoms with Crippen molar-refractivity contribution in [3.05, 3.63) is 59.7 Å². The van der Waals surface area contributed by atoms with Gasteiger partial charge in [0.1, 0.15) is 6.54 Å². The van der Waals surface area contributed by atoms with E-state index in [9.17, 15) is 9.59 Å². The summed E-state index contributed by atoms with van der Waals surface area (Å²) in [4.78, 5) is 29.6. The number of thioether (sulfide) groups is 1. The molecule has 0 unspecified atom stereocenters. The molecular weight excluding hydrogens is 320 g/mol. The van der Waals surface area contributed by atoms with Gasteiger partial charge in [-0.1, -0.05) is 36.4 Å². The van der Waals surface area contributed by atoms with E-state index in [-0.39, 0.29) is 18.4 Å². The first-order valence-corrected chi connectivity index (χ1v) is 9.08. The molecule has 24 heavy (non-hydrogen) atoms. The quantitative estimate of drug-likeness (QED) is 0.845. The van der Waals surface area contributed by atoms with Gasteiger partial charge in [0, 0.05) is 18.0 Å². The Hall–Kier alpha value is -2.27. The minimum absolute atomic E-state index is 0.00413. The fraction of sp³-hybridized carbons (Fsp3) is 0.263. The van der Waals surface area contributed by atoms with Crippen molar-refractivity contribution in [2.24, 2.45) is 0 Å². The molecule has 122 valence electrons. The van der Waals surface area contributed by atoms with Crippen molar-refractivity contribution < 1.29 is 9.59 Å². The van der Waals surface area contributed by atoms with Crippen molar-refractivity contribution >= 4 is 29.3 Å². The Morgan fingerprint density at radius 1 is 1.04 bits per heavy atom. The van der Waals surface area contributed by atoms with E-state index in [1.165, 1.54) is 22.9 Å². The van der Waals surface area contributed by atoms with Crippen LogP contribution in [0.5, 0.6) is 0 Å². The van der Waals surface area contributed by atoms with E-state index in [1.807, 2.05) is 41.3 Å². The lowest BCUT2D eigenvalue weighted by atomic mass is 10.00. The molecule has 2 aromatic carbocycles. The summed E-state index contributed by atoms with van der Waals surface area (Å²) < 4.78 is 0. The Morgan fingerprint density at radius 2 is 1.79 bits per heavy atom. The second kappa shape index (κ2) is 6.32. The lowest BCUT2D eigenvalue weighted by Crippen LogP contribution is -2.46. The highest BCUT2D eigenvalue weighted by Gasteiger charge is 2.29. The number of nitrogens with zero attached hydrogens (tertiary/aromatic N) is 2. The lowest BCUT2D eigenvalue weighted by Gasteiger charge is -2.33. The number of hydrogen-bond donors (Lipinski definition) is 0. The average Bonchev–Trinajstić information content (AvgIpc) is 2.63. The minimum Gasteiger partial charge on any atom is -0.336 e. The van der Waals surface area contributed by atoms with Crippen LogP contribution in [-0.4, -0.2) is 35.6 Å². The molecule has 0 saturated heterocycles. The maximum atomic E-state index is 12.8. The zero-order valence-electron chi connectivity index (χ0n) is 13.3. The monoisotopic (exact) mass is 338 g/mol. The van der Waals surface area contributed by atoms with Gasteiger partial charge < -0.3 is 9.80 Å². The van der Waals surface area contributed by atoms with Gasteiger partial charge in [0.05, 0.1) is 11.4 Å². The molecule has 0 aromatic heterocycles. The number of carbonyl (C=O) groups excluding carboxylic acids is 2. The van der Waals surface area contributed by atoms with E-state index in [4.69, 9.17) is 0 Å². The standard InChI is InChI=1S/C19H18N2O2S/c22-18(20-10-9-14-5-1-2-6-15(14)11-20)12-21-16-7-3-4-8-17(16)24-13-19(21)23/h1-8H,9-13H2. The number of fused-ring (bicyclic) bond motifs is 2. The van der Waals surface area contributed by atoms with E-state index in [0.29, 0.717) is 18.8 Å². The maximum absolute atomic E-state index is 12.8. The van der Waals surface area contributed by atoms with E-state index in [1.54, 1.807) is 4.90 Å². The lowest BCUT2D eigenvalue weighted by molar-refractivity contribution is -0.132. The van der Waals surface area contributed by atoms with Crippen LogP contribution in [0.1, 0.15) is 11.1 Å². The number of benzene rings is 2. The summed E-state index contributed by atoms with van der Waals surface area (Å²) in [6.07, 6.45) is 0.877. The molecule has 2 aliphatic rings. The number of carbonyl (C=O) groups is 2. The molecule has 4 rings (SSSR count). The summed E-state index contributed by atoms with van der Waals surface area (Å²) in [5.41, 5.74) is 3.37. The highest BCUT2D eigenvalue weighted by atomic mass is 32.2. The molecule has 2 aliphatic heterocycles. The molecule has 4 nitrogen and oxygen atoms in total. The third-order valence-corrected chi connectivity index (χ3v) is 5.63. The van der Waals surface area contributed by atoms with Crippen molar-refractivity contribution in [2.75, 3.05) is 23.7 Å². The first-order chi connectivity index (χ1) is 11.7. The fourth-order valence-electron chi connectivity index (χ4n) is 3.27. The van der Waals surface area contributed by atoms with E-state index in [2.05, 4.69) is 12.1 Å². The number of amides is 2. The van der Waals surface area contributed by atoms with E-state index >= 15 is 0 Å². The first-order valence-electron chi connectivity index (χ1n) is 8.09. The molecule has 5 heteroatoms. The number of anilines is 1. The zero-order chi connectivity index (χ0) is 16.5. The Morgan fingerprint density at radius 3 is 2.67 bits per heavy atom. The van der Waals surface area contributed by atoms with Gasteiger partial charge in [-0.2, -0.15) is 0 Å². The predicted octanol–water partition coefficient (Wildman–Crippen LogP) is 2.71. The van der Waals surface area contributed by atoms with Gasteiger partial charge in [0.2, 0.25) is 11.8 Å². The normalized spacial score (nSPS) is 16.6. The van der Waals surface area contributed by atoms with E-state index in [0.717, 1.165) is 17.0 Å². The largest absolute Gasteiger partial charge is 0.336 e. The third kappa shape index (κ3) is 2.80. The SMILES string of the molecule is O=C(CN1C(=O)CSc2ccccc21)N1CCc2ccccc2C1. The highest BCUT2D eigenvalue weighted by molar-refractivity contribution is 8.00.